The number of aromatic nitrogens is 2. The lowest BCUT2D eigenvalue weighted by Gasteiger charge is -2.15. The molecule has 1 heterocycles. The zero-order valence-electron chi connectivity index (χ0n) is 8.85. The molecule has 0 amide bonds. The summed E-state index contributed by atoms with van der Waals surface area (Å²) < 4.78 is 1.96. The molecule has 0 saturated heterocycles. The molecule has 0 aromatic carbocycles. The molecule has 0 fully saturated rings. The Morgan fingerprint density at radius 1 is 1.67 bits per heavy atom. The predicted octanol–water partition coefficient (Wildman–Crippen LogP) is 2.61. The topological polar surface area (TPSA) is 55.1 Å². The molecule has 1 rings (SSSR count). The van der Waals surface area contributed by atoms with Crippen molar-refractivity contribution in [1.82, 2.24) is 9.55 Å². The van der Waals surface area contributed by atoms with Gasteiger partial charge in [0.25, 0.3) is 0 Å². The molecule has 5 heteroatoms. The second-order valence-corrected chi connectivity index (χ2v) is 4.25. The zero-order chi connectivity index (χ0) is 11.4. The number of nitrogens with zero attached hydrogens (tertiary/aromatic N) is 2. The number of alkyl halides is 1. The van der Waals surface area contributed by atoms with Crippen LogP contribution in [0.5, 0.6) is 0 Å². The van der Waals surface area contributed by atoms with Gasteiger partial charge >= 0.3 is 5.97 Å². The third kappa shape index (κ3) is 3.23. The summed E-state index contributed by atoms with van der Waals surface area (Å²) in [6.07, 6.45) is 3.92. The van der Waals surface area contributed by atoms with Gasteiger partial charge in [0.2, 0.25) is 0 Å². The lowest BCUT2D eigenvalue weighted by molar-refractivity contribution is -0.137. The van der Waals surface area contributed by atoms with Crippen LogP contribution in [0.1, 0.15) is 43.8 Å². The average Bonchev–Trinajstić information content (AvgIpc) is 2.62. The first-order valence-electron chi connectivity index (χ1n) is 4.90. The van der Waals surface area contributed by atoms with Crippen LogP contribution < -0.4 is 0 Å². The van der Waals surface area contributed by atoms with Gasteiger partial charge in [0.15, 0.2) is 0 Å². The van der Waals surface area contributed by atoms with Crippen LogP contribution >= 0.6 is 11.6 Å². The first kappa shape index (κ1) is 12.0. The van der Waals surface area contributed by atoms with Crippen LogP contribution in [-0.4, -0.2) is 20.6 Å². The number of halogens is 1. The Kier molecular flexibility index (Phi) is 4.15. The lowest BCUT2D eigenvalue weighted by Crippen LogP contribution is -2.07. The van der Waals surface area contributed by atoms with Crippen LogP contribution in [0.25, 0.3) is 0 Å². The highest BCUT2D eigenvalue weighted by molar-refractivity contribution is 6.20. The minimum atomic E-state index is -0.823. The molecule has 15 heavy (non-hydrogen) atoms. The van der Waals surface area contributed by atoms with Crippen molar-refractivity contribution in [3.05, 3.63) is 18.2 Å². The monoisotopic (exact) mass is 230 g/mol. The maximum Gasteiger partial charge on any atom is 0.303 e. The third-order valence-corrected chi connectivity index (χ3v) is 2.63. The summed E-state index contributed by atoms with van der Waals surface area (Å²) >= 11 is 6.12. The SMILES string of the molecule is CC(C)n1cncc1C(Cl)CCC(=O)O. The summed E-state index contributed by atoms with van der Waals surface area (Å²) in [5.74, 6) is -0.823. The molecule has 1 atom stereocenters. The minimum Gasteiger partial charge on any atom is -0.481 e. The number of imidazole rings is 1. The van der Waals surface area contributed by atoms with Crippen molar-refractivity contribution >= 4 is 17.6 Å². The van der Waals surface area contributed by atoms with E-state index < -0.39 is 5.97 Å². The quantitative estimate of drug-likeness (QED) is 0.792. The Balaban J connectivity index is 2.68. The van der Waals surface area contributed by atoms with Crippen molar-refractivity contribution in [2.75, 3.05) is 0 Å². The lowest BCUT2D eigenvalue weighted by atomic mass is 10.2. The Bertz CT molecular complexity index is 336. The van der Waals surface area contributed by atoms with Crippen LogP contribution in [0.4, 0.5) is 0 Å². The summed E-state index contributed by atoms with van der Waals surface area (Å²) in [6, 6.07) is 0.286. The summed E-state index contributed by atoms with van der Waals surface area (Å²) in [5, 5.41) is 8.27. The molecule has 1 N–H and O–H groups in total. The van der Waals surface area contributed by atoms with Gasteiger partial charge < -0.3 is 9.67 Å². The fourth-order valence-corrected chi connectivity index (χ4v) is 1.67. The second kappa shape index (κ2) is 5.16. The molecule has 0 saturated carbocycles. The summed E-state index contributed by atoms with van der Waals surface area (Å²) in [7, 11) is 0. The predicted molar refractivity (Wildman–Crippen MR) is 58.1 cm³/mol. The van der Waals surface area contributed by atoms with Gasteiger partial charge in [0.1, 0.15) is 0 Å². The van der Waals surface area contributed by atoms with Crippen molar-refractivity contribution in [2.24, 2.45) is 0 Å². The van der Waals surface area contributed by atoms with Crippen LogP contribution in [0, 0.1) is 0 Å². The van der Waals surface area contributed by atoms with E-state index in [0.717, 1.165) is 5.69 Å². The highest BCUT2D eigenvalue weighted by atomic mass is 35.5. The molecular formula is C10H15ClN2O2. The van der Waals surface area contributed by atoms with Crippen molar-refractivity contribution < 1.29 is 9.90 Å². The van der Waals surface area contributed by atoms with Crippen molar-refractivity contribution in [3.63, 3.8) is 0 Å². The zero-order valence-corrected chi connectivity index (χ0v) is 9.61. The van der Waals surface area contributed by atoms with Crippen molar-refractivity contribution in [2.45, 2.75) is 38.1 Å². The first-order valence-corrected chi connectivity index (χ1v) is 5.33. The van der Waals surface area contributed by atoms with E-state index in [1.807, 2.05) is 18.4 Å². The number of aliphatic carboxylic acids is 1. The highest BCUT2D eigenvalue weighted by Gasteiger charge is 2.15. The van der Waals surface area contributed by atoms with Crippen molar-refractivity contribution in [1.29, 1.82) is 0 Å². The van der Waals surface area contributed by atoms with Crippen LogP contribution in [0.2, 0.25) is 0 Å². The van der Waals surface area contributed by atoms with Gasteiger partial charge in [0.05, 0.1) is 17.4 Å². The Hall–Kier alpha value is -1.03. The Labute approximate surface area is 93.9 Å². The van der Waals surface area contributed by atoms with Gasteiger partial charge in [-0.25, -0.2) is 4.98 Å². The van der Waals surface area contributed by atoms with E-state index in [2.05, 4.69) is 4.98 Å². The molecule has 1 aromatic rings. The van der Waals surface area contributed by atoms with E-state index >= 15 is 0 Å². The van der Waals surface area contributed by atoms with E-state index in [0.29, 0.717) is 6.42 Å². The number of carboxylic acid groups (broad SMARTS) is 1. The molecule has 84 valence electrons. The number of hydrogen-bond acceptors (Lipinski definition) is 2. The molecular weight excluding hydrogens is 216 g/mol. The molecule has 0 aliphatic carbocycles. The van der Waals surface area contributed by atoms with Crippen LogP contribution in [-0.2, 0) is 4.79 Å². The van der Waals surface area contributed by atoms with E-state index in [-0.39, 0.29) is 17.8 Å². The highest BCUT2D eigenvalue weighted by Crippen LogP contribution is 2.27. The van der Waals surface area contributed by atoms with Crippen LogP contribution in [0.15, 0.2) is 12.5 Å². The van der Waals surface area contributed by atoms with Gasteiger partial charge in [-0.05, 0) is 20.3 Å². The third-order valence-electron chi connectivity index (χ3n) is 2.18. The van der Waals surface area contributed by atoms with Crippen LogP contribution in [0.3, 0.4) is 0 Å². The summed E-state index contributed by atoms with van der Waals surface area (Å²) in [4.78, 5) is 14.4. The second-order valence-electron chi connectivity index (χ2n) is 3.72. The molecule has 0 bridgehead atoms. The number of carbonyl (C=O) groups is 1. The summed E-state index contributed by atoms with van der Waals surface area (Å²) in [6.45, 7) is 4.07. The minimum absolute atomic E-state index is 0.0808. The van der Waals surface area contributed by atoms with Crippen molar-refractivity contribution in [3.8, 4) is 0 Å². The Morgan fingerprint density at radius 3 is 2.87 bits per heavy atom. The molecule has 0 spiro atoms. The van der Waals surface area contributed by atoms with Gasteiger partial charge in [-0.2, -0.15) is 0 Å². The largest absolute Gasteiger partial charge is 0.481 e. The molecule has 0 aliphatic heterocycles. The standard InChI is InChI=1S/C10H15ClN2O2/c1-7(2)13-6-12-5-9(13)8(11)3-4-10(14)15/h5-8H,3-4H2,1-2H3,(H,14,15). The van der Waals surface area contributed by atoms with E-state index in [4.69, 9.17) is 16.7 Å². The molecule has 0 aliphatic rings. The van der Waals surface area contributed by atoms with Gasteiger partial charge in [-0.15, -0.1) is 11.6 Å². The van der Waals surface area contributed by atoms with Gasteiger partial charge in [-0.3, -0.25) is 4.79 Å². The summed E-state index contributed by atoms with van der Waals surface area (Å²) in [5.41, 5.74) is 0.882. The Morgan fingerprint density at radius 2 is 2.33 bits per heavy atom. The number of carboxylic acids is 1. The van der Waals surface area contributed by atoms with Gasteiger partial charge in [0, 0.05) is 18.7 Å². The van der Waals surface area contributed by atoms with E-state index in [1.54, 1.807) is 12.5 Å². The van der Waals surface area contributed by atoms with Gasteiger partial charge in [-0.1, -0.05) is 0 Å². The normalized spacial score (nSPS) is 13.1. The molecule has 1 unspecified atom stereocenters. The maximum absolute atomic E-state index is 10.4. The molecule has 0 radical (unpaired) electrons. The fourth-order valence-electron chi connectivity index (χ4n) is 1.39. The smallest absolute Gasteiger partial charge is 0.303 e. The molecule has 1 aromatic heterocycles. The average molecular weight is 231 g/mol. The maximum atomic E-state index is 10.4. The number of hydrogen-bond donors (Lipinski definition) is 1. The molecule has 4 nitrogen and oxygen atoms in total. The first-order chi connectivity index (χ1) is 7.02. The number of rotatable bonds is 5. The fraction of sp³-hybridized carbons (Fsp3) is 0.600. The van der Waals surface area contributed by atoms with E-state index in [1.165, 1.54) is 0 Å². The van der Waals surface area contributed by atoms with E-state index in [9.17, 15) is 4.79 Å².